The second kappa shape index (κ2) is 8.09. The van der Waals surface area contributed by atoms with E-state index in [-0.39, 0.29) is 17.9 Å². The van der Waals surface area contributed by atoms with Gasteiger partial charge in [-0.15, -0.1) is 0 Å². The number of allylic oxidation sites excluding steroid dienone is 1. The van der Waals surface area contributed by atoms with Crippen LogP contribution in [0.5, 0.6) is 0 Å². The first-order valence-corrected chi connectivity index (χ1v) is 9.53. The average molecular weight is 383 g/mol. The van der Waals surface area contributed by atoms with Gasteiger partial charge in [-0.1, -0.05) is 40.9 Å². The molecule has 3 N–H and O–H groups in total. The third-order valence-corrected chi connectivity index (χ3v) is 5.88. The van der Waals surface area contributed by atoms with E-state index in [0.29, 0.717) is 16.6 Å². The van der Waals surface area contributed by atoms with Gasteiger partial charge in [0.1, 0.15) is 0 Å². The van der Waals surface area contributed by atoms with Gasteiger partial charge in [0, 0.05) is 35.1 Å². The summed E-state index contributed by atoms with van der Waals surface area (Å²) in [6.07, 6.45) is 5.65. The Morgan fingerprint density at radius 1 is 1.36 bits per heavy atom. The number of nitrogens with two attached hydrogens (primary N) is 1. The highest BCUT2D eigenvalue weighted by atomic mass is 35.5. The quantitative estimate of drug-likeness (QED) is 0.774. The van der Waals surface area contributed by atoms with Crippen molar-refractivity contribution in [3.8, 4) is 0 Å². The molecule has 0 aromatic heterocycles. The maximum absolute atomic E-state index is 11.2. The molecule has 1 aliphatic carbocycles. The summed E-state index contributed by atoms with van der Waals surface area (Å²) in [6.45, 7) is 2.41. The predicted molar refractivity (Wildman–Crippen MR) is 101 cm³/mol. The van der Waals surface area contributed by atoms with Crippen LogP contribution in [0.4, 0.5) is 0 Å². The highest BCUT2D eigenvalue weighted by molar-refractivity contribution is 6.35. The molecule has 0 amide bonds. The minimum Gasteiger partial charge on any atom is -0.481 e. The summed E-state index contributed by atoms with van der Waals surface area (Å²) in [4.78, 5) is 13.5. The number of nitrogens with zero attached hydrogens (tertiary/aromatic N) is 1. The van der Waals surface area contributed by atoms with E-state index < -0.39 is 5.97 Å². The number of carboxylic acids is 1. The number of hydrogen-bond acceptors (Lipinski definition) is 3. The lowest BCUT2D eigenvalue weighted by atomic mass is 9.80. The highest BCUT2D eigenvalue weighted by Gasteiger charge is 2.29. The van der Waals surface area contributed by atoms with E-state index in [9.17, 15) is 9.90 Å². The van der Waals surface area contributed by atoms with Crippen molar-refractivity contribution in [2.75, 3.05) is 19.6 Å². The number of piperidine rings is 1. The van der Waals surface area contributed by atoms with E-state index in [1.54, 1.807) is 6.07 Å². The number of carbonyl (C=O) groups is 1. The Morgan fingerprint density at radius 3 is 2.84 bits per heavy atom. The molecule has 25 heavy (non-hydrogen) atoms. The van der Waals surface area contributed by atoms with Gasteiger partial charge >= 0.3 is 5.97 Å². The molecule has 3 rings (SSSR count). The van der Waals surface area contributed by atoms with Gasteiger partial charge in [-0.3, -0.25) is 9.69 Å². The Labute approximate surface area is 158 Å². The van der Waals surface area contributed by atoms with Crippen LogP contribution < -0.4 is 5.73 Å². The third-order valence-electron chi connectivity index (χ3n) is 5.32. The number of aliphatic carboxylic acids is 1. The Kier molecular flexibility index (Phi) is 6.05. The van der Waals surface area contributed by atoms with Crippen molar-refractivity contribution in [3.63, 3.8) is 0 Å². The average Bonchev–Trinajstić information content (AvgIpc) is 2.56. The van der Waals surface area contributed by atoms with Gasteiger partial charge in [-0.05, 0) is 49.9 Å². The van der Waals surface area contributed by atoms with Crippen LogP contribution in [-0.2, 0) is 4.79 Å². The van der Waals surface area contributed by atoms with Gasteiger partial charge in [-0.25, -0.2) is 0 Å². The standard InChI is InChI=1S/C19H24Cl2N2O2/c20-14-4-6-15(17(21)9-14)16-5-3-12(8-18(16)22)10-23-7-1-2-13(11-23)19(24)25/h3-4,6,9,13,16,18H,1-2,5,7-8,10-11,22H2,(H,24,25)/t13-,16?,18?/m0/s1. The SMILES string of the molecule is NC1CC(CN2CCC[C@H](C(=O)O)C2)=CCC1c1ccc(Cl)cc1Cl. The van der Waals surface area contributed by atoms with Crippen molar-refractivity contribution in [2.45, 2.75) is 37.6 Å². The van der Waals surface area contributed by atoms with Crippen molar-refractivity contribution in [1.82, 2.24) is 4.90 Å². The van der Waals surface area contributed by atoms with Crippen molar-refractivity contribution < 1.29 is 9.90 Å². The number of benzene rings is 1. The van der Waals surface area contributed by atoms with Crippen molar-refractivity contribution >= 4 is 29.2 Å². The first-order valence-electron chi connectivity index (χ1n) is 8.77. The van der Waals surface area contributed by atoms with Crippen LogP contribution in [0.15, 0.2) is 29.8 Å². The molecule has 0 saturated carbocycles. The van der Waals surface area contributed by atoms with Gasteiger partial charge in [0.2, 0.25) is 0 Å². The van der Waals surface area contributed by atoms with Crippen molar-refractivity contribution in [1.29, 1.82) is 0 Å². The van der Waals surface area contributed by atoms with Crippen molar-refractivity contribution in [3.05, 3.63) is 45.5 Å². The monoisotopic (exact) mass is 382 g/mol. The molecule has 1 aromatic rings. The largest absolute Gasteiger partial charge is 0.481 e. The van der Waals surface area contributed by atoms with Crippen LogP contribution in [0.25, 0.3) is 0 Å². The fourth-order valence-electron chi connectivity index (χ4n) is 3.97. The lowest BCUT2D eigenvalue weighted by Gasteiger charge is -2.35. The summed E-state index contributed by atoms with van der Waals surface area (Å²) in [7, 11) is 0. The first-order chi connectivity index (χ1) is 11.9. The van der Waals surface area contributed by atoms with Gasteiger partial charge in [0.15, 0.2) is 0 Å². The van der Waals surface area contributed by atoms with E-state index in [1.807, 2.05) is 12.1 Å². The maximum atomic E-state index is 11.2. The normalized spacial score (nSPS) is 27.8. The maximum Gasteiger partial charge on any atom is 0.307 e. The molecule has 136 valence electrons. The van der Waals surface area contributed by atoms with E-state index in [1.165, 1.54) is 5.57 Å². The number of carboxylic acid groups (broad SMARTS) is 1. The topological polar surface area (TPSA) is 66.6 Å². The van der Waals surface area contributed by atoms with Gasteiger partial charge < -0.3 is 10.8 Å². The Bertz CT molecular complexity index is 677. The molecule has 2 aliphatic rings. The lowest BCUT2D eigenvalue weighted by molar-refractivity contribution is -0.143. The molecule has 1 saturated heterocycles. The van der Waals surface area contributed by atoms with Crippen LogP contribution in [0, 0.1) is 5.92 Å². The fraction of sp³-hybridized carbons (Fsp3) is 0.526. The van der Waals surface area contributed by atoms with Crippen LogP contribution >= 0.6 is 23.2 Å². The molecule has 0 bridgehead atoms. The molecule has 1 aromatic carbocycles. The van der Waals surface area contributed by atoms with E-state index in [2.05, 4.69) is 11.0 Å². The molecule has 6 heteroatoms. The number of likely N-dealkylation sites (tertiary alicyclic amines) is 1. The molecule has 1 aliphatic heterocycles. The smallest absolute Gasteiger partial charge is 0.307 e. The molecule has 0 radical (unpaired) electrons. The van der Waals surface area contributed by atoms with Crippen LogP contribution in [0.3, 0.4) is 0 Å². The molecular formula is C19H24Cl2N2O2. The lowest BCUT2D eigenvalue weighted by Crippen LogP contribution is -2.41. The second-order valence-electron chi connectivity index (χ2n) is 7.15. The number of rotatable bonds is 4. The fourth-order valence-corrected chi connectivity index (χ4v) is 4.52. The Hall–Kier alpha value is -1.07. The molecule has 0 spiro atoms. The zero-order valence-corrected chi connectivity index (χ0v) is 15.6. The second-order valence-corrected chi connectivity index (χ2v) is 7.99. The first kappa shape index (κ1) is 18.7. The van der Waals surface area contributed by atoms with Crippen molar-refractivity contribution in [2.24, 2.45) is 11.7 Å². The number of halogens is 2. The van der Waals surface area contributed by atoms with Gasteiger partial charge in [0.05, 0.1) is 5.92 Å². The van der Waals surface area contributed by atoms with Crippen LogP contribution in [0.1, 0.15) is 37.2 Å². The third kappa shape index (κ3) is 4.56. The Balaban J connectivity index is 1.64. The molecule has 3 atom stereocenters. The zero-order valence-electron chi connectivity index (χ0n) is 14.1. The summed E-state index contributed by atoms with van der Waals surface area (Å²) in [6, 6.07) is 5.60. The summed E-state index contributed by atoms with van der Waals surface area (Å²) in [5.74, 6) is -0.731. The molecule has 1 fully saturated rings. The van der Waals surface area contributed by atoms with Gasteiger partial charge in [0.25, 0.3) is 0 Å². The number of hydrogen-bond donors (Lipinski definition) is 2. The summed E-state index contributed by atoms with van der Waals surface area (Å²) >= 11 is 12.3. The Morgan fingerprint density at radius 2 is 2.16 bits per heavy atom. The molecular weight excluding hydrogens is 359 g/mol. The van der Waals surface area contributed by atoms with Gasteiger partial charge in [-0.2, -0.15) is 0 Å². The summed E-state index contributed by atoms with van der Waals surface area (Å²) in [5, 5.41) is 10.5. The highest BCUT2D eigenvalue weighted by Crippen LogP contribution is 2.36. The van der Waals surface area contributed by atoms with E-state index >= 15 is 0 Å². The predicted octanol–water partition coefficient (Wildman–Crippen LogP) is 3.92. The molecule has 4 nitrogen and oxygen atoms in total. The minimum absolute atomic E-state index is 0.0127. The minimum atomic E-state index is -0.684. The van der Waals surface area contributed by atoms with E-state index in [4.69, 9.17) is 28.9 Å². The molecule has 1 heterocycles. The van der Waals surface area contributed by atoms with Crippen LogP contribution in [0.2, 0.25) is 10.0 Å². The zero-order chi connectivity index (χ0) is 18.0. The van der Waals surface area contributed by atoms with E-state index in [0.717, 1.165) is 44.3 Å². The molecule has 2 unspecified atom stereocenters. The summed E-state index contributed by atoms with van der Waals surface area (Å²) in [5.41, 5.74) is 8.80. The summed E-state index contributed by atoms with van der Waals surface area (Å²) < 4.78 is 0. The van der Waals surface area contributed by atoms with Crippen LogP contribution in [-0.4, -0.2) is 41.7 Å².